The molecule has 2 heteroatoms. The highest BCUT2D eigenvalue weighted by atomic mass is 16.7. The molecule has 0 aliphatic carbocycles. The van der Waals surface area contributed by atoms with Crippen molar-refractivity contribution in [2.24, 2.45) is 0 Å². The Labute approximate surface area is 93.0 Å². The van der Waals surface area contributed by atoms with Gasteiger partial charge in [-0.3, -0.25) is 0 Å². The van der Waals surface area contributed by atoms with E-state index >= 15 is 0 Å². The fourth-order valence-electron chi connectivity index (χ4n) is 1.61. The predicted octanol–water partition coefficient (Wildman–Crippen LogP) is 3.44. The molecule has 1 fully saturated rings. The van der Waals surface area contributed by atoms with Crippen molar-refractivity contribution >= 4 is 0 Å². The number of hydrogen-bond donors (Lipinski definition) is 0. The molecule has 1 aliphatic heterocycles. The summed E-state index contributed by atoms with van der Waals surface area (Å²) in [5, 5.41) is 0. The smallest absolute Gasteiger partial charge is 0.177 e. The van der Waals surface area contributed by atoms with Crippen LogP contribution >= 0.6 is 0 Å². The second kappa shape index (κ2) is 6.09. The molecule has 0 radical (unpaired) electrons. The minimum absolute atomic E-state index is 0.121. The zero-order valence-corrected chi connectivity index (χ0v) is 10.1. The highest BCUT2D eigenvalue weighted by molar-refractivity contribution is 5.02. The van der Waals surface area contributed by atoms with E-state index in [1.54, 1.807) is 0 Å². The number of rotatable bonds is 5. The van der Waals surface area contributed by atoms with E-state index in [1.165, 1.54) is 17.6 Å². The van der Waals surface area contributed by atoms with Crippen LogP contribution in [0.3, 0.4) is 0 Å². The Kier molecular flexibility index (Phi) is 5.06. The van der Waals surface area contributed by atoms with Crippen LogP contribution in [0.25, 0.3) is 0 Å². The maximum atomic E-state index is 5.54. The Balaban J connectivity index is 2.23. The van der Waals surface area contributed by atoms with Gasteiger partial charge in [-0.2, -0.15) is 0 Å². The van der Waals surface area contributed by atoms with Crippen LogP contribution in [0.2, 0.25) is 0 Å². The summed E-state index contributed by atoms with van der Waals surface area (Å²) in [6.07, 6.45) is 5.57. The summed E-state index contributed by atoms with van der Waals surface area (Å²) >= 11 is 0. The Morgan fingerprint density at radius 1 is 1.40 bits per heavy atom. The molecule has 0 N–H and O–H groups in total. The number of hydrogen-bond acceptors (Lipinski definition) is 2. The quantitative estimate of drug-likeness (QED) is 0.647. The van der Waals surface area contributed by atoms with Gasteiger partial charge in [0.05, 0.1) is 12.7 Å². The van der Waals surface area contributed by atoms with Gasteiger partial charge in [-0.1, -0.05) is 11.1 Å². The molecule has 2 atom stereocenters. The molecule has 86 valence electrons. The van der Waals surface area contributed by atoms with Crippen LogP contribution in [0.4, 0.5) is 0 Å². The lowest BCUT2D eigenvalue weighted by Crippen LogP contribution is -2.06. The van der Waals surface area contributed by atoms with Crippen molar-refractivity contribution in [3.05, 3.63) is 23.8 Å². The highest BCUT2D eigenvalue weighted by Crippen LogP contribution is 2.16. The molecule has 0 spiro atoms. The van der Waals surface area contributed by atoms with Gasteiger partial charge in [0.15, 0.2) is 6.29 Å². The van der Waals surface area contributed by atoms with Crippen molar-refractivity contribution in [2.75, 3.05) is 6.61 Å². The van der Waals surface area contributed by atoms with Gasteiger partial charge in [-0.15, -0.1) is 6.58 Å². The third-order valence-corrected chi connectivity index (χ3v) is 2.46. The molecular weight excluding hydrogens is 188 g/mol. The van der Waals surface area contributed by atoms with Crippen LogP contribution in [0.5, 0.6) is 0 Å². The molecule has 0 amide bonds. The van der Waals surface area contributed by atoms with E-state index in [1.807, 2.05) is 6.92 Å². The lowest BCUT2D eigenvalue weighted by molar-refractivity contribution is -0.0167. The van der Waals surface area contributed by atoms with E-state index in [4.69, 9.17) is 9.47 Å². The van der Waals surface area contributed by atoms with Crippen LogP contribution in [-0.2, 0) is 9.47 Å². The summed E-state index contributed by atoms with van der Waals surface area (Å²) in [6.45, 7) is 10.8. The minimum atomic E-state index is -0.121. The van der Waals surface area contributed by atoms with Crippen molar-refractivity contribution in [3.8, 4) is 0 Å². The molecule has 15 heavy (non-hydrogen) atoms. The van der Waals surface area contributed by atoms with Crippen LogP contribution in [0.15, 0.2) is 23.8 Å². The fourth-order valence-corrected chi connectivity index (χ4v) is 1.61. The van der Waals surface area contributed by atoms with Crippen molar-refractivity contribution in [1.82, 2.24) is 0 Å². The zero-order valence-electron chi connectivity index (χ0n) is 10.1. The third-order valence-electron chi connectivity index (χ3n) is 2.46. The zero-order chi connectivity index (χ0) is 11.3. The highest BCUT2D eigenvalue weighted by Gasteiger charge is 2.19. The summed E-state index contributed by atoms with van der Waals surface area (Å²) < 4.78 is 11.0. The van der Waals surface area contributed by atoms with E-state index < -0.39 is 0 Å². The SMILES string of the molecule is C=C(C)CCC/C(C)=C/C1OCC(C)O1. The van der Waals surface area contributed by atoms with Gasteiger partial charge in [-0.05, 0) is 46.1 Å². The van der Waals surface area contributed by atoms with Crippen LogP contribution in [0, 0.1) is 0 Å². The van der Waals surface area contributed by atoms with Gasteiger partial charge in [-0.25, -0.2) is 0 Å². The topological polar surface area (TPSA) is 18.5 Å². The molecule has 0 aromatic heterocycles. The first-order valence-electron chi connectivity index (χ1n) is 5.66. The van der Waals surface area contributed by atoms with E-state index in [9.17, 15) is 0 Å². The summed E-state index contributed by atoms with van der Waals surface area (Å²) in [6, 6.07) is 0. The van der Waals surface area contributed by atoms with E-state index in [2.05, 4.69) is 26.5 Å². The van der Waals surface area contributed by atoms with Gasteiger partial charge < -0.3 is 9.47 Å². The average molecular weight is 210 g/mol. The first kappa shape index (κ1) is 12.5. The van der Waals surface area contributed by atoms with Crippen molar-refractivity contribution < 1.29 is 9.47 Å². The second-order valence-corrected chi connectivity index (χ2v) is 4.47. The van der Waals surface area contributed by atoms with Crippen LogP contribution in [-0.4, -0.2) is 19.0 Å². The van der Waals surface area contributed by atoms with Gasteiger partial charge in [0.25, 0.3) is 0 Å². The molecule has 0 aromatic rings. The molecule has 2 unspecified atom stereocenters. The Hall–Kier alpha value is -0.600. The Morgan fingerprint density at radius 2 is 2.13 bits per heavy atom. The van der Waals surface area contributed by atoms with Gasteiger partial charge in [0.2, 0.25) is 0 Å². The largest absolute Gasteiger partial charge is 0.346 e. The summed E-state index contributed by atoms with van der Waals surface area (Å²) in [7, 11) is 0. The van der Waals surface area contributed by atoms with Crippen molar-refractivity contribution in [2.45, 2.75) is 52.4 Å². The van der Waals surface area contributed by atoms with Crippen molar-refractivity contribution in [1.29, 1.82) is 0 Å². The molecule has 0 aromatic carbocycles. The maximum Gasteiger partial charge on any atom is 0.177 e. The molecule has 1 heterocycles. The van der Waals surface area contributed by atoms with Gasteiger partial charge in [0.1, 0.15) is 0 Å². The molecule has 1 rings (SSSR count). The molecule has 0 saturated carbocycles. The lowest BCUT2D eigenvalue weighted by atomic mass is 10.1. The summed E-state index contributed by atoms with van der Waals surface area (Å²) in [5.74, 6) is 0. The second-order valence-electron chi connectivity index (χ2n) is 4.47. The fraction of sp³-hybridized carbons (Fsp3) is 0.692. The van der Waals surface area contributed by atoms with Gasteiger partial charge >= 0.3 is 0 Å². The van der Waals surface area contributed by atoms with E-state index in [-0.39, 0.29) is 12.4 Å². The molecule has 2 nitrogen and oxygen atoms in total. The Morgan fingerprint density at radius 3 is 2.67 bits per heavy atom. The minimum Gasteiger partial charge on any atom is -0.346 e. The number of ether oxygens (including phenoxy) is 2. The predicted molar refractivity (Wildman–Crippen MR) is 62.7 cm³/mol. The Bertz CT molecular complexity index is 243. The maximum absolute atomic E-state index is 5.54. The first-order chi connectivity index (χ1) is 7.08. The van der Waals surface area contributed by atoms with Crippen LogP contribution in [0.1, 0.15) is 40.0 Å². The lowest BCUT2D eigenvalue weighted by Gasteiger charge is -2.07. The van der Waals surface area contributed by atoms with Gasteiger partial charge in [0, 0.05) is 0 Å². The molecular formula is C13H22O2. The summed E-state index contributed by atoms with van der Waals surface area (Å²) in [4.78, 5) is 0. The van der Waals surface area contributed by atoms with Crippen LogP contribution < -0.4 is 0 Å². The monoisotopic (exact) mass is 210 g/mol. The normalized spacial score (nSPS) is 27.0. The standard InChI is InChI=1S/C13H22O2/c1-10(2)6-5-7-11(3)8-13-14-9-12(4)15-13/h8,12-13H,1,5-7,9H2,2-4H3/b11-8+. The average Bonchev–Trinajstić information content (AvgIpc) is 2.50. The van der Waals surface area contributed by atoms with E-state index in [0.29, 0.717) is 6.61 Å². The first-order valence-corrected chi connectivity index (χ1v) is 5.66. The third kappa shape index (κ3) is 5.14. The number of allylic oxidation sites excluding steroid dienone is 2. The van der Waals surface area contributed by atoms with Crippen molar-refractivity contribution in [3.63, 3.8) is 0 Å². The summed E-state index contributed by atoms with van der Waals surface area (Å²) in [5.41, 5.74) is 2.60. The molecule has 1 aliphatic rings. The molecule has 1 saturated heterocycles. The van der Waals surface area contributed by atoms with E-state index in [0.717, 1.165) is 12.8 Å². The molecule has 0 bridgehead atoms.